The molecule has 2 aromatic carbocycles. The van der Waals surface area contributed by atoms with Crippen LogP contribution in [0.15, 0.2) is 54.6 Å². The van der Waals surface area contributed by atoms with E-state index in [1.165, 1.54) is 0 Å². The van der Waals surface area contributed by atoms with Gasteiger partial charge >= 0.3 is 0 Å². The van der Waals surface area contributed by atoms with E-state index in [2.05, 4.69) is 10.4 Å². The predicted octanol–water partition coefficient (Wildman–Crippen LogP) is 4.02. The van der Waals surface area contributed by atoms with Gasteiger partial charge in [0.15, 0.2) is 16.4 Å². The number of anilines is 1. The normalized spacial score (nSPS) is 17.0. The zero-order valence-electron chi connectivity index (χ0n) is 19.5. The maximum absolute atomic E-state index is 12.6. The van der Waals surface area contributed by atoms with Crippen molar-refractivity contribution in [3.63, 3.8) is 0 Å². The maximum Gasteiger partial charge on any atom is 0.263 e. The Morgan fingerprint density at radius 2 is 1.94 bits per heavy atom. The molecule has 1 N–H and O–H groups in total. The summed E-state index contributed by atoms with van der Waals surface area (Å²) < 4.78 is 37.2. The molecular weight excluding hydrogens is 454 g/mol. The molecule has 1 fully saturated rings. The van der Waals surface area contributed by atoms with Crippen LogP contribution in [0.4, 0.5) is 5.82 Å². The average Bonchev–Trinajstić information content (AvgIpc) is 3.37. The predicted molar refractivity (Wildman–Crippen MR) is 131 cm³/mol. The van der Waals surface area contributed by atoms with Gasteiger partial charge in [0.1, 0.15) is 17.3 Å². The third kappa shape index (κ3) is 5.77. The van der Waals surface area contributed by atoms with E-state index in [4.69, 9.17) is 9.47 Å². The first kappa shape index (κ1) is 23.8. The van der Waals surface area contributed by atoms with E-state index in [0.29, 0.717) is 23.7 Å². The van der Waals surface area contributed by atoms with Crippen molar-refractivity contribution in [2.45, 2.75) is 39.3 Å². The quantitative estimate of drug-likeness (QED) is 0.519. The lowest BCUT2D eigenvalue weighted by molar-refractivity contribution is -0.118. The lowest BCUT2D eigenvalue weighted by Crippen LogP contribution is -2.23. The van der Waals surface area contributed by atoms with Crippen molar-refractivity contribution in [3.8, 4) is 22.8 Å². The minimum Gasteiger partial charge on any atom is -0.491 e. The summed E-state index contributed by atoms with van der Waals surface area (Å²) >= 11 is 0. The summed E-state index contributed by atoms with van der Waals surface area (Å²) in [6.07, 6.45) is 0.514. The number of aromatic nitrogens is 2. The Balaban J connectivity index is 1.58. The molecule has 0 aliphatic carbocycles. The summed E-state index contributed by atoms with van der Waals surface area (Å²) in [6, 6.07) is 16.3. The molecule has 1 saturated heterocycles. The number of carbonyl (C=O) groups excluding carboxylic acids is 1. The molecular formula is C25H29N3O5S. The van der Waals surface area contributed by atoms with Crippen molar-refractivity contribution >= 4 is 21.6 Å². The first-order valence-electron chi connectivity index (χ1n) is 11.3. The Kier molecular flexibility index (Phi) is 6.92. The maximum atomic E-state index is 12.6. The van der Waals surface area contributed by atoms with Crippen molar-refractivity contribution in [2.75, 3.05) is 23.4 Å². The van der Waals surface area contributed by atoms with Crippen LogP contribution in [0.1, 0.15) is 31.9 Å². The van der Waals surface area contributed by atoms with Gasteiger partial charge in [0, 0.05) is 11.6 Å². The summed E-state index contributed by atoms with van der Waals surface area (Å²) in [4.78, 5) is 12.6. The molecule has 1 aromatic heterocycles. The molecule has 180 valence electrons. The second kappa shape index (κ2) is 9.89. The summed E-state index contributed by atoms with van der Waals surface area (Å²) in [5.74, 6) is 1.59. The molecule has 3 aromatic rings. The van der Waals surface area contributed by atoms with Crippen molar-refractivity contribution in [3.05, 3.63) is 60.2 Å². The zero-order valence-corrected chi connectivity index (χ0v) is 20.3. The fourth-order valence-corrected chi connectivity index (χ4v) is 5.61. The van der Waals surface area contributed by atoms with Crippen LogP contribution in [0.5, 0.6) is 11.5 Å². The average molecular weight is 484 g/mol. The molecule has 4 rings (SSSR count). The lowest BCUT2D eigenvalue weighted by atomic mass is 10.1. The first-order valence-corrected chi connectivity index (χ1v) is 13.1. The van der Waals surface area contributed by atoms with Crippen molar-refractivity contribution in [1.82, 2.24) is 9.78 Å². The Morgan fingerprint density at radius 3 is 2.59 bits per heavy atom. The molecule has 0 saturated carbocycles. The largest absolute Gasteiger partial charge is 0.491 e. The van der Waals surface area contributed by atoms with E-state index >= 15 is 0 Å². The van der Waals surface area contributed by atoms with Gasteiger partial charge in [0.2, 0.25) is 0 Å². The molecule has 0 bridgehead atoms. The van der Waals surface area contributed by atoms with E-state index in [1.807, 2.05) is 57.2 Å². The molecule has 2 heterocycles. The molecule has 34 heavy (non-hydrogen) atoms. The van der Waals surface area contributed by atoms with Gasteiger partial charge in [-0.15, -0.1) is 0 Å². The van der Waals surface area contributed by atoms with E-state index < -0.39 is 9.84 Å². The number of rotatable bonds is 8. The number of nitrogens with zero attached hydrogens (tertiary/aromatic N) is 2. The molecule has 8 nitrogen and oxygen atoms in total. The molecule has 1 aliphatic heterocycles. The highest BCUT2D eigenvalue weighted by molar-refractivity contribution is 7.91. The van der Waals surface area contributed by atoms with Crippen molar-refractivity contribution in [1.29, 1.82) is 0 Å². The zero-order chi connectivity index (χ0) is 24.3. The smallest absolute Gasteiger partial charge is 0.263 e. The molecule has 1 aliphatic rings. The SMILES string of the molecule is Cc1cc(-c2cc(NC(=O)COc3ccccc3)n([C@H]3CCS(=O)(=O)C3)n2)ccc1OC(C)C. The van der Waals surface area contributed by atoms with Gasteiger partial charge < -0.3 is 14.8 Å². The number of nitrogens with one attached hydrogen (secondary N) is 1. The van der Waals surface area contributed by atoms with E-state index in [-0.39, 0.29) is 36.2 Å². The third-order valence-corrected chi connectivity index (χ3v) is 7.25. The van der Waals surface area contributed by atoms with Gasteiger partial charge in [-0.05, 0) is 63.1 Å². The fourth-order valence-electron chi connectivity index (χ4n) is 3.91. The molecule has 0 unspecified atom stereocenters. The first-order chi connectivity index (χ1) is 16.2. The van der Waals surface area contributed by atoms with Crippen LogP contribution in [0, 0.1) is 6.92 Å². The molecule has 1 amide bonds. The van der Waals surface area contributed by atoms with Gasteiger partial charge in [-0.1, -0.05) is 18.2 Å². The van der Waals surface area contributed by atoms with Crippen LogP contribution in [-0.4, -0.2) is 48.3 Å². The number of para-hydroxylation sites is 1. The number of amides is 1. The van der Waals surface area contributed by atoms with Crippen molar-refractivity contribution < 1.29 is 22.7 Å². The molecule has 0 radical (unpaired) electrons. The van der Waals surface area contributed by atoms with Gasteiger partial charge in [-0.3, -0.25) is 4.79 Å². The van der Waals surface area contributed by atoms with E-state index in [0.717, 1.165) is 16.9 Å². The van der Waals surface area contributed by atoms with Crippen LogP contribution in [-0.2, 0) is 14.6 Å². The van der Waals surface area contributed by atoms with Crippen molar-refractivity contribution in [2.24, 2.45) is 0 Å². The highest BCUT2D eigenvalue weighted by atomic mass is 32.2. The minimum absolute atomic E-state index is 0.00228. The Labute approximate surface area is 199 Å². The number of hydrogen-bond donors (Lipinski definition) is 1. The van der Waals surface area contributed by atoms with Crippen LogP contribution in [0.3, 0.4) is 0 Å². The number of aryl methyl sites for hydroxylation is 1. The third-order valence-electron chi connectivity index (χ3n) is 5.50. The summed E-state index contributed by atoms with van der Waals surface area (Å²) in [5, 5.41) is 7.53. The fraction of sp³-hybridized carbons (Fsp3) is 0.360. The topological polar surface area (TPSA) is 99.5 Å². The molecule has 1 atom stereocenters. The lowest BCUT2D eigenvalue weighted by Gasteiger charge is -2.14. The van der Waals surface area contributed by atoms with E-state index in [9.17, 15) is 13.2 Å². The monoisotopic (exact) mass is 483 g/mol. The summed E-state index contributed by atoms with van der Waals surface area (Å²) in [7, 11) is -3.13. The Bertz CT molecular complexity index is 1270. The number of hydrogen-bond acceptors (Lipinski definition) is 6. The second-order valence-corrected chi connectivity index (χ2v) is 10.9. The summed E-state index contributed by atoms with van der Waals surface area (Å²) in [5.41, 5.74) is 2.46. The van der Waals surface area contributed by atoms with Crippen LogP contribution >= 0.6 is 0 Å². The number of sulfone groups is 1. The van der Waals surface area contributed by atoms with Crippen LogP contribution < -0.4 is 14.8 Å². The number of ether oxygens (including phenoxy) is 2. The number of carbonyl (C=O) groups is 1. The second-order valence-electron chi connectivity index (χ2n) is 8.71. The number of benzene rings is 2. The van der Waals surface area contributed by atoms with Crippen LogP contribution in [0.25, 0.3) is 11.3 Å². The molecule has 9 heteroatoms. The Morgan fingerprint density at radius 1 is 1.18 bits per heavy atom. The molecule has 0 spiro atoms. The summed E-state index contributed by atoms with van der Waals surface area (Å²) in [6.45, 7) is 5.74. The van der Waals surface area contributed by atoms with Gasteiger partial charge in [0.05, 0.1) is 29.3 Å². The van der Waals surface area contributed by atoms with Gasteiger partial charge in [0.25, 0.3) is 5.91 Å². The highest BCUT2D eigenvalue weighted by Crippen LogP contribution is 2.32. The minimum atomic E-state index is -3.13. The van der Waals surface area contributed by atoms with Gasteiger partial charge in [-0.25, -0.2) is 13.1 Å². The van der Waals surface area contributed by atoms with Crippen LogP contribution in [0.2, 0.25) is 0 Å². The van der Waals surface area contributed by atoms with Gasteiger partial charge in [-0.2, -0.15) is 5.10 Å². The standard InChI is InChI=1S/C25H29N3O5S/c1-17(2)33-23-10-9-19(13-18(23)3)22-14-24(28(27-22)20-11-12-34(30,31)16-20)26-25(29)15-32-21-7-5-4-6-8-21/h4-10,13-14,17,20H,11-12,15-16H2,1-3H3,(H,26,29)/t20-/m0/s1. The Hall–Kier alpha value is -3.33. The van der Waals surface area contributed by atoms with E-state index in [1.54, 1.807) is 22.9 Å². The highest BCUT2D eigenvalue weighted by Gasteiger charge is 2.32.